The van der Waals surface area contributed by atoms with Crippen molar-refractivity contribution in [1.29, 1.82) is 0 Å². The highest BCUT2D eigenvalue weighted by atomic mass is 32.1. The number of thiophene rings is 1. The van der Waals surface area contributed by atoms with Crippen LogP contribution in [0.15, 0.2) is 35.8 Å². The van der Waals surface area contributed by atoms with Crippen LogP contribution in [0.25, 0.3) is 0 Å². The predicted octanol–water partition coefficient (Wildman–Crippen LogP) is 3.30. The maximum Gasteiger partial charge on any atom is 0.242 e. The van der Waals surface area contributed by atoms with Crippen molar-refractivity contribution < 1.29 is 9.59 Å². The van der Waals surface area contributed by atoms with Crippen molar-refractivity contribution in [1.82, 2.24) is 14.4 Å². The lowest BCUT2D eigenvalue weighted by Gasteiger charge is -2.29. The lowest BCUT2D eigenvalue weighted by atomic mass is 10.2. The van der Waals surface area contributed by atoms with E-state index in [1.54, 1.807) is 16.2 Å². The molecule has 0 saturated heterocycles. The summed E-state index contributed by atoms with van der Waals surface area (Å²) < 4.78 is 2.05. The summed E-state index contributed by atoms with van der Waals surface area (Å²) in [7, 11) is 2.00. The molecule has 146 valence electrons. The van der Waals surface area contributed by atoms with Gasteiger partial charge >= 0.3 is 0 Å². The molecule has 1 fully saturated rings. The summed E-state index contributed by atoms with van der Waals surface area (Å²) in [4.78, 5) is 30.7. The maximum atomic E-state index is 13.1. The van der Waals surface area contributed by atoms with Crippen LogP contribution in [0.4, 0.5) is 0 Å². The number of aryl methyl sites for hydroxylation is 1. The number of hydrogen-bond donors (Lipinski definition) is 0. The van der Waals surface area contributed by atoms with Crippen LogP contribution in [-0.4, -0.2) is 45.3 Å². The molecule has 1 aliphatic rings. The molecule has 27 heavy (non-hydrogen) atoms. The Morgan fingerprint density at radius 2 is 2.00 bits per heavy atom. The number of nitrogens with zero attached hydrogens (tertiary/aromatic N) is 3. The van der Waals surface area contributed by atoms with E-state index in [2.05, 4.69) is 24.5 Å². The molecular weight excluding hydrogens is 358 g/mol. The van der Waals surface area contributed by atoms with E-state index in [4.69, 9.17) is 0 Å². The molecule has 0 atom stereocenters. The van der Waals surface area contributed by atoms with E-state index in [1.165, 1.54) is 0 Å². The highest BCUT2D eigenvalue weighted by Crippen LogP contribution is 2.28. The van der Waals surface area contributed by atoms with Gasteiger partial charge in [0.1, 0.15) is 0 Å². The third-order valence-corrected chi connectivity index (χ3v) is 5.74. The van der Waals surface area contributed by atoms with E-state index in [9.17, 15) is 9.59 Å². The molecule has 6 heteroatoms. The van der Waals surface area contributed by atoms with Crippen molar-refractivity contribution in [3.8, 4) is 0 Å². The monoisotopic (exact) mass is 387 g/mol. The van der Waals surface area contributed by atoms with Gasteiger partial charge in [-0.25, -0.2) is 0 Å². The van der Waals surface area contributed by atoms with Gasteiger partial charge in [-0.3, -0.25) is 9.59 Å². The summed E-state index contributed by atoms with van der Waals surface area (Å²) in [6, 6.07) is 8.31. The fourth-order valence-corrected chi connectivity index (χ4v) is 3.96. The van der Waals surface area contributed by atoms with Crippen molar-refractivity contribution in [3.63, 3.8) is 0 Å². The van der Waals surface area contributed by atoms with Gasteiger partial charge < -0.3 is 14.4 Å². The minimum absolute atomic E-state index is 0.0362. The minimum Gasteiger partial charge on any atom is -0.353 e. The van der Waals surface area contributed by atoms with Crippen LogP contribution in [0.3, 0.4) is 0 Å². The second-order valence-electron chi connectivity index (χ2n) is 7.79. The van der Waals surface area contributed by atoms with E-state index < -0.39 is 0 Å². The van der Waals surface area contributed by atoms with Crippen LogP contribution in [0, 0.1) is 5.92 Å². The van der Waals surface area contributed by atoms with Crippen molar-refractivity contribution in [2.45, 2.75) is 45.7 Å². The van der Waals surface area contributed by atoms with E-state index in [1.807, 2.05) is 41.7 Å². The normalized spacial score (nSPS) is 13.8. The molecule has 0 unspecified atom stereocenters. The molecule has 2 aromatic rings. The molecule has 1 aliphatic carbocycles. The summed E-state index contributed by atoms with van der Waals surface area (Å²) in [5.74, 6) is 0.417. The Morgan fingerprint density at radius 1 is 1.22 bits per heavy atom. The fraction of sp³-hybridized carbons (Fsp3) is 0.524. The second-order valence-corrected chi connectivity index (χ2v) is 8.82. The molecule has 0 N–H and O–H groups in total. The van der Waals surface area contributed by atoms with Gasteiger partial charge in [0, 0.05) is 36.4 Å². The van der Waals surface area contributed by atoms with Gasteiger partial charge in [-0.1, -0.05) is 19.9 Å². The van der Waals surface area contributed by atoms with Crippen LogP contribution in [0.1, 0.15) is 37.3 Å². The van der Waals surface area contributed by atoms with Crippen molar-refractivity contribution in [2.24, 2.45) is 13.0 Å². The highest BCUT2D eigenvalue weighted by molar-refractivity contribution is 7.10. The number of hydrogen-bond acceptors (Lipinski definition) is 3. The van der Waals surface area contributed by atoms with Gasteiger partial charge in [-0.05, 0) is 42.3 Å². The number of amides is 2. The van der Waals surface area contributed by atoms with Crippen LogP contribution >= 0.6 is 11.3 Å². The molecule has 0 aliphatic heterocycles. The topological polar surface area (TPSA) is 45.6 Å². The van der Waals surface area contributed by atoms with E-state index in [0.29, 0.717) is 31.5 Å². The summed E-state index contributed by atoms with van der Waals surface area (Å²) >= 11 is 1.59. The molecule has 1 saturated carbocycles. The molecule has 0 spiro atoms. The molecule has 2 aromatic heterocycles. The summed E-state index contributed by atoms with van der Waals surface area (Å²) in [6.07, 6.45) is 4.49. The van der Waals surface area contributed by atoms with E-state index in [-0.39, 0.29) is 18.4 Å². The summed E-state index contributed by atoms with van der Waals surface area (Å²) in [6.45, 7) is 5.56. The Labute approximate surface area is 165 Å². The quantitative estimate of drug-likeness (QED) is 0.663. The average Bonchev–Trinajstić information content (AvgIpc) is 3.17. The Balaban J connectivity index is 1.67. The first kappa shape index (κ1) is 19.7. The van der Waals surface area contributed by atoms with E-state index >= 15 is 0 Å². The Bertz CT molecular complexity index is 762. The fourth-order valence-electron chi connectivity index (χ4n) is 3.27. The van der Waals surface area contributed by atoms with Gasteiger partial charge in [0.25, 0.3) is 0 Å². The molecule has 2 amide bonds. The van der Waals surface area contributed by atoms with Gasteiger partial charge in [0.15, 0.2) is 0 Å². The molecule has 5 nitrogen and oxygen atoms in total. The Hall–Kier alpha value is -2.08. The zero-order chi connectivity index (χ0) is 19.4. The number of carbonyl (C=O) groups excluding carboxylic acids is 2. The lowest BCUT2D eigenvalue weighted by Crippen LogP contribution is -2.45. The summed E-state index contributed by atoms with van der Waals surface area (Å²) in [5.41, 5.74) is 1.12. The third kappa shape index (κ3) is 5.45. The maximum absolute atomic E-state index is 13.1. The second kappa shape index (κ2) is 8.74. The Morgan fingerprint density at radius 3 is 2.56 bits per heavy atom. The first-order valence-electron chi connectivity index (χ1n) is 9.64. The van der Waals surface area contributed by atoms with Gasteiger partial charge in [-0.15, -0.1) is 11.3 Å². The molecule has 2 heterocycles. The van der Waals surface area contributed by atoms with Gasteiger partial charge in [0.05, 0.1) is 19.5 Å². The molecule has 0 bridgehead atoms. The van der Waals surface area contributed by atoms with Crippen molar-refractivity contribution in [3.05, 3.63) is 46.4 Å². The lowest BCUT2D eigenvalue weighted by molar-refractivity contribution is -0.141. The van der Waals surface area contributed by atoms with Crippen molar-refractivity contribution in [2.75, 3.05) is 13.1 Å². The van der Waals surface area contributed by atoms with Crippen LogP contribution in [-0.2, 0) is 29.6 Å². The molecular formula is C21H29N3O2S. The van der Waals surface area contributed by atoms with Gasteiger partial charge in [-0.2, -0.15) is 0 Å². The van der Waals surface area contributed by atoms with Crippen molar-refractivity contribution >= 4 is 23.2 Å². The average molecular weight is 388 g/mol. The first-order valence-corrected chi connectivity index (χ1v) is 10.5. The number of rotatable bonds is 9. The standard InChI is InChI=1S/C21H29N3O2S/c1-16(2)13-23(20(25)12-19-7-5-11-27-19)15-21(26)24(17-8-9-17)14-18-6-4-10-22(18)3/h4-7,10-11,16-17H,8-9,12-15H2,1-3H3. The van der Waals surface area contributed by atoms with Gasteiger partial charge in [0.2, 0.25) is 11.8 Å². The van der Waals surface area contributed by atoms with Crippen LogP contribution in [0.5, 0.6) is 0 Å². The number of carbonyl (C=O) groups is 2. The molecule has 3 rings (SSSR count). The smallest absolute Gasteiger partial charge is 0.242 e. The first-order chi connectivity index (χ1) is 12.9. The highest BCUT2D eigenvalue weighted by Gasteiger charge is 2.34. The molecule has 0 aromatic carbocycles. The zero-order valence-electron chi connectivity index (χ0n) is 16.4. The largest absolute Gasteiger partial charge is 0.353 e. The van der Waals surface area contributed by atoms with Crippen LogP contribution in [0.2, 0.25) is 0 Å². The SMILES string of the molecule is CC(C)CN(CC(=O)N(Cc1cccn1C)C1CC1)C(=O)Cc1cccs1. The predicted molar refractivity (Wildman–Crippen MR) is 108 cm³/mol. The van der Waals surface area contributed by atoms with Crippen LogP contribution < -0.4 is 0 Å². The minimum atomic E-state index is 0.0362. The van der Waals surface area contributed by atoms with E-state index in [0.717, 1.165) is 23.4 Å². The third-order valence-electron chi connectivity index (χ3n) is 4.86. The molecule has 0 radical (unpaired) electrons. The summed E-state index contributed by atoms with van der Waals surface area (Å²) in [5, 5.41) is 1.98. The zero-order valence-corrected chi connectivity index (χ0v) is 17.2. The Kier molecular flexibility index (Phi) is 6.37. The number of aromatic nitrogens is 1.